The molecule has 0 fully saturated rings. The van der Waals surface area contributed by atoms with Gasteiger partial charge in [-0.25, -0.2) is 17.8 Å². The van der Waals surface area contributed by atoms with E-state index >= 15 is 4.39 Å². The maximum absolute atomic E-state index is 16.0. The molecule has 3 aromatic carbocycles. The Morgan fingerprint density at radius 3 is 2.48 bits per heavy atom. The van der Waals surface area contributed by atoms with Crippen LogP contribution in [0.5, 0.6) is 11.5 Å². The van der Waals surface area contributed by atoms with Crippen molar-refractivity contribution in [3.8, 4) is 22.8 Å². The summed E-state index contributed by atoms with van der Waals surface area (Å²) in [7, 11) is -3.53. The number of nitrogen functional groups attached to an aromatic ring is 1. The van der Waals surface area contributed by atoms with Crippen molar-refractivity contribution in [1.82, 2.24) is 9.97 Å². The zero-order chi connectivity index (χ0) is 29.0. The van der Waals surface area contributed by atoms with E-state index in [1.807, 2.05) is 6.92 Å². The number of anilines is 1. The Labute approximate surface area is 233 Å². The predicted molar refractivity (Wildman–Crippen MR) is 153 cm³/mol. The Hall–Kier alpha value is -4.38. The number of ether oxygens (including phenoxy) is 2. The molecule has 9 nitrogen and oxygen atoms in total. The third-order valence-corrected chi connectivity index (χ3v) is 7.12. The van der Waals surface area contributed by atoms with Gasteiger partial charge in [0.1, 0.15) is 23.5 Å². The van der Waals surface area contributed by atoms with E-state index in [0.717, 1.165) is 6.26 Å². The molecule has 5 N–H and O–H groups in total. The number of aromatic nitrogens is 2. The number of H-pyrrole nitrogens is 1. The number of imidazole rings is 1. The molecule has 40 heavy (non-hydrogen) atoms. The van der Waals surface area contributed by atoms with Crippen molar-refractivity contribution < 1.29 is 22.3 Å². The molecule has 0 saturated heterocycles. The van der Waals surface area contributed by atoms with Gasteiger partial charge in [-0.1, -0.05) is 18.2 Å². The topological polar surface area (TPSA) is 143 Å². The zero-order valence-electron chi connectivity index (χ0n) is 22.7. The van der Waals surface area contributed by atoms with E-state index in [9.17, 15) is 8.42 Å². The van der Waals surface area contributed by atoms with Crippen LogP contribution in [0.3, 0.4) is 0 Å². The molecular formula is C29H32FN5O4S. The molecule has 0 aliphatic rings. The molecule has 0 bridgehead atoms. The van der Waals surface area contributed by atoms with Gasteiger partial charge in [-0.15, -0.1) is 0 Å². The first kappa shape index (κ1) is 28.6. The molecule has 1 unspecified atom stereocenters. The number of nitrogens with two attached hydrogens (primary N) is 1. The lowest BCUT2D eigenvalue weighted by Gasteiger charge is -2.22. The van der Waals surface area contributed by atoms with Gasteiger partial charge in [-0.3, -0.25) is 5.41 Å². The minimum Gasteiger partial charge on any atom is -0.494 e. The number of nitrogens with one attached hydrogen (secondary N) is 3. The summed E-state index contributed by atoms with van der Waals surface area (Å²) in [6.45, 7) is 5.80. The van der Waals surface area contributed by atoms with Crippen LogP contribution in [0, 0.1) is 11.2 Å². The highest BCUT2D eigenvalue weighted by molar-refractivity contribution is 7.90. The molecule has 1 atom stereocenters. The molecule has 0 spiro atoms. The second-order valence-electron chi connectivity index (χ2n) is 9.43. The smallest absolute Gasteiger partial charge is 0.176 e. The van der Waals surface area contributed by atoms with E-state index in [2.05, 4.69) is 10.3 Å². The summed E-state index contributed by atoms with van der Waals surface area (Å²) < 4.78 is 52.4. The molecular weight excluding hydrogens is 533 g/mol. The zero-order valence-corrected chi connectivity index (χ0v) is 23.5. The summed E-state index contributed by atoms with van der Waals surface area (Å²) in [5.41, 5.74) is 7.75. The van der Waals surface area contributed by atoms with Gasteiger partial charge in [-0.2, -0.15) is 0 Å². The van der Waals surface area contributed by atoms with Crippen molar-refractivity contribution in [1.29, 1.82) is 5.41 Å². The molecule has 4 rings (SSSR count). The number of halogens is 1. The lowest BCUT2D eigenvalue weighted by atomic mass is 10.0. The third-order valence-electron chi connectivity index (χ3n) is 5.97. The van der Waals surface area contributed by atoms with Gasteiger partial charge in [0, 0.05) is 40.9 Å². The van der Waals surface area contributed by atoms with Crippen LogP contribution in [0.4, 0.5) is 10.1 Å². The van der Waals surface area contributed by atoms with Crippen LogP contribution < -0.4 is 20.5 Å². The Bertz CT molecular complexity index is 1620. The molecule has 1 aromatic heterocycles. The van der Waals surface area contributed by atoms with Crippen molar-refractivity contribution in [2.75, 3.05) is 18.2 Å². The predicted octanol–water partition coefficient (Wildman–Crippen LogP) is 5.29. The second-order valence-corrected chi connectivity index (χ2v) is 11.4. The summed E-state index contributed by atoms with van der Waals surface area (Å²) in [5, 5.41) is 11.0. The number of aromatic amines is 1. The molecule has 0 saturated carbocycles. The first-order valence-corrected chi connectivity index (χ1v) is 14.6. The Kier molecular flexibility index (Phi) is 8.43. The van der Waals surface area contributed by atoms with Crippen molar-refractivity contribution in [2.24, 2.45) is 5.73 Å². The van der Waals surface area contributed by atoms with E-state index in [-0.39, 0.29) is 28.1 Å². The maximum atomic E-state index is 16.0. The van der Waals surface area contributed by atoms with E-state index in [4.69, 9.17) is 25.6 Å². The quantitative estimate of drug-likeness (QED) is 0.143. The minimum absolute atomic E-state index is 0.0314. The van der Waals surface area contributed by atoms with Crippen molar-refractivity contribution in [3.63, 3.8) is 0 Å². The summed E-state index contributed by atoms with van der Waals surface area (Å²) in [5.74, 6) is 0.113. The molecule has 0 aliphatic carbocycles. The second kappa shape index (κ2) is 11.8. The van der Waals surface area contributed by atoms with Gasteiger partial charge in [0.2, 0.25) is 0 Å². The van der Waals surface area contributed by atoms with Crippen LogP contribution in [0.25, 0.3) is 11.3 Å². The van der Waals surface area contributed by atoms with E-state index in [0.29, 0.717) is 40.7 Å². The first-order valence-electron chi connectivity index (χ1n) is 12.7. The van der Waals surface area contributed by atoms with Gasteiger partial charge in [0.15, 0.2) is 21.4 Å². The summed E-state index contributed by atoms with van der Waals surface area (Å²) in [6, 6.07) is 15.6. The summed E-state index contributed by atoms with van der Waals surface area (Å²) in [4.78, 5) is 7.93. The van der Waals surface area contributed by atoms with Gasteiger partial charge in [0.05, 0.1) is 23.3 Å². The minimum atomic E-state index is -3.53. The van der Waals surface area contributed by atoms with E-state index < -0.39 is 21.7 Å². The van der Waals surface area contributed by atoms with Crippen molar-refractivity contribution >= 4 is 21.4 Å². The molecule has 0 radical (unpaired) electrons. The molecule has 4 aromatic rings. The monoisotopic (exact) mass is 565 g/mol. The number of amidine groups is 1. The Balaban J connectivity index is 1.87. The number of hydrogen-bond acceptors (Lipinski definition) is 7. The van der Waals surface area contributed by atoms with Crippen molar-refractivity contribution in [3.05, 3.63) is 89.6 Å². The van der Waals surface area contributed by atoms with Crippen molar-refractivity contribution in [2.45, 2.75) is 37.8 Å². The van der Waals surface area contributed by atoms with E-state index in [1.54, 1.807) is 68.6 Å². The highest BCUT2D eigenvalue weighted by Crippen LogP contribution is 2.37. The fourth-order valence-corrected chi connectivity index (χ4v) is 5.12. The number of sulfone groups is 1. The number of rotatable bonds is 11. The standard InChI is InChI=1S/C29H32FN5O4S/c1-5-38-20-14-22(26(30)24(15-20)39-17(2)3)27(34-19-12-10-18(11-13-19)28(31)32)29-33-16-23(35-29)21-8-6-7-9-25(21)40(4,36)37/h6-17,27,34H,5H2,1-4H3,(H3,31,32)(H,33,35). The molecule has 0 amide bonds. The lowest BCUT2D eigenvalue weighted by Crippen LogP contribution is -2.18. The number of hydrogen-bond donors (Lipinski definition) is 4. The fourth-order valence-electron chi connectivity index (χ4n) is 4.22. The van der Waals surface area contributed by atoms with Gasteiger partial charge < -0.3 is 25.5 Å². The maximum Gasteiger partial charge on any atom is 0.176 e. The number of benzene rings is 3. The van der Waals surface area contributed by atoms with Gasteiger partial charge >= 0.3 is 0 Å². The average Bonchev–Trinajstić information content (AvgIpc) is 3.39. The van der Waals surface area contributed by atoms with Crippen LogP contribution in [0.2, 0.25) is 0 Å². The van der Waals surface area contributed by atoms with Crippen LogP contribution in [0.15, 0.2) is 71.8 Å². The first-order chi connectivity index (χ1) is 19.0. The van der Waals surface area contributed by atoms with E-state index in [1.165, 1.54) is 12.1 Å². The fraction of sp³-hybridized carbons (Fsp3) is 0.241. The van der Waals surface area contributed by atoms with Crippen LogP contribution in [0.1, 0.15) is 43.8 Å². The third kappa shape index (κ3) is 6.42. The normalized spacial score (nSPS) is 12.2. The molecule has 11 heteroatoms. The molecule has 210 valence electrons. The van der Waals surface area contributed by atoms with Crippen LogP contribution in [-0.4, -0.2) is 43.2 Å². The lowest BCUT2D eigenvalue weighted by molar-refractivity contribution is 0.228. The van der Waals surface area contributed by atoms with Crippen LogP contribution >= 0.6 is 0 Å². The largest absolute Gasteiger partial charge is 0.494 e. The summed E-state index contributed by atoms with van der Waals surface area (Å²) >= 11 is 0. The molecule has 1 heterocycles. The summed E-state index contributed by atoms with van der Waals surface area (Å²) in [6.07, 6.45) is 2.44. The average molecular weight is 566 g/mol. The Morgan fingerprint density at radius 1 is 1.15 bits per heavy atom. The van der Waals surface area contributed by atoms with Gasteiger partial charge in [-0.05, 0) is 57.2 Å². The highest BCUT2D eigenvalue weighted by atomic mass is 32.2. The highest BCUT2D eigenvalue weighted by Gasteiger charge is 2.27. The Morgan fingerprint density at radius 2 is 1.85 bits per heavy atom. The number of nitrogens with zero attached hydrogens (tertiary/aromatic N) is 1. The molecule has 0 aliphatic heterocycles. The van der Waals surface area contributed by atoms with Gasteiger partial charge in [0.25, 0.3) is 0 Å². The van der Waals surface area contributed by atoms with Crippen LogP contribution in [-0.2, 0) is 9.84 Å². The SMILES string of the molecule is CCOc1cc(OC(C)C)c(F)c(C(Nc2ccc(C(=N)N)cc2)c2nc(-c3ccccc3S(C)(=O)=O)c[nH]2)c1.